The lowest BCUT2D eigenvalue weighted by Gasteiger charge is -2.35. The third kappa shape index (κ3) is 3.75. The van der Waals surface area contributed by atoms with Crippen molar-refractivity contribution in [3.8, 4) is 17.6 Å². The minimum absolute atomic E-state index is 0.266. The van der Waals surface area contributed by atoms with E-state index in [0.29, 0.717) is 6.10 Å². The average Bonchev–Trinajstić information content (AvgIpc) is 2.42. The van der Waals surface area contributed by atoms with E-state index in [0.717, 1.165) is 36.7 Å². The first kappa shape index (κ1) is 14.4. The van der Waals surface area contributed by atoms with Crippen molar-refractivity contribution in [3.05, 3.63) is 24.0 Å². The van der Waals surface area contributed by atoms with Gasteiger partial charge < -0.3 is 9.47 Å². The Morgan fingerprint density at radius 3 is 2.71 bits per heavy atom. The maximum atomic E-state index is 5.82. The van der Waals surface area contributed by atoms with Crippen molar-refractivity contribution in [2.75, 3.05) is 26.7 Å². The minimum Gasteiger partial charge on any atom is -0.489 e. The number of ether oxygens (including phenoxy) is 2. The van der Waals surface area contributed by atoms with Gasteiger partial charge in [-0.1, -0.05) is 12.8 Å². The van der Waals surface area contributed by atoms with E-state index >= 15 is 0 Å². The van der Waals surface area contributed by atoms with E-state index in [4.69, 9.17) is 9.47 Å². The third-order valence-electron chi connectivity index (χ3n) is 4.08. The van der Waals surface area contributed by atoms with Gasteiger partial charge in [-0.2, -0.15) is 0 Å². The molecule has 2 aliphatic rings. The van der Waals surface area contributed by atoms with Crippen LogP contribution in [0.5, 0.6) is 5.75 Å². The molecule has 2 fully saturated rings. The molecule has 0 bridgehead atoms. The second kappa shape index (κ2) is 6.46. The lowest BCUT2D eigenvalue weighted by molar-refractivity contribution is -0.0382. The zero-order chi connectivity index (χ0) is 14.7. The van der Waals surface area contributed by atoms with Crippen LogP contribution in [0.4, 0.5) is 0 Å². The standard InChI is InChI=1S/C17H22N2O2/c1-13-11-19(12-13)7-3-4-14-5-6-15(10-18-14)21-17-8-16(9-17)20-2/h5-6,10,13,16-17H,7-9,11-12H2,1-2H3. The van der Waals surface area contributed by atoms with Gasteiger partial charge in [0.1, 0.15) is 17.5 Å². The van der Waals surface area contributed by atoms with Crippen LogP contribution >= 0.6 is 0 Å². The fourth-order valence-electron chi connectivity index (χ4n) is 2.72. The van der Waals surface area contributed by atoms with Crippen LogP contribution in [0.1, 0.15) is 25.5 Å². The number of likely N-dealkylation sites (tertiary alicyclic amines) is 1. The zero-order valence-corrected chi connectivity index (χ0v) is 12.7. The fourth-order valence-corrected chi connectivity index (χ4v) is 2.72. The highest BCUT2D eigenvalue weighted by Crippen LogP contribution is 2.27. The van der Waals surface area contributed by atoms with E-state index in [1.807, 2.05) is 12.1 Å². The van der Waals surface area contributed by atoms with E-state index in [1.54, 1.807) is 13.3 Å². The molecule has 112 valence electrons. The van der Waals surface area contributed by atoms with Crippen LogP contribution in [0, 0.1) is 17.8 Å². The SMILES string of the molecule is COC1CC(Oc2ccc(C#CCN3CC(C)C3)nc2)C1. The molecule has 0 radical (unpaired) electrons. The average molecular weight is 286 g/mol. The van der Waals surface area contributed by atoms with Gasteiger partial charge in [-0.25, -0.2) is 4.98 Å². The van der Waals surface area contributed by atoms with Crippen LogP contribution in [0.25, 0.3) is 0 Å². The molecule has 4 heteroatoms. The minimum atomic E-state index is 0.266. The largest absolute Gasteiger partial charge is 0.489 e. The van der Waals surface area contributed by atoms with Crippen LogP contribution in [0.15, 0.2) is 18.3 Å². The summed E-state index contributed by atoms with van der Waals surface area (Å²) in [5.74, 6) is 7.92. The molecule has 1 aliphatic heterocycles. The normalized spacial score (nSPS) is 25.4. The van der Waals surface area contributed by atoms with Crippen molar-refractivity contribution in [2.24, 2.45) is 5.92 Å². The van der Waals surface area contributed by atoms with E-state index in [-0.39, 0.29) is 6.10 Å². The van der Waals surface area contributed by atoms with E-state index < -0.39 is 0 Å². The van der Waals surface area contributed by atoms with Crippen LogP contribution in [0.2, 0.25) is 0 Å². The lowest BCUT2D eigenvalue weighted by atomic mass is 9.92. The highest BCUT2D eigenvalue weighted by molar-refractivity contribution is 5.31. The first-order valence-electron chi connectivity index (χ1n) is 7.59. The number of methoxy groups -OCH3 is 1. The Balaban J connectivity index is 1.44. The first-order valence-corrected chi connectivity index (χ1v) is 7.59. The van der Waals surface area contributed by atoms with Gasteiger partial charge in [0.25, 0.3) is 0 Å². The molecule has 0 atom stereocenters. The number of hydrogen-bond acceptors (Lipinski definition) is 4. The predicted octanol–water partition coefficient (Wildman–Crippen LogP) is 1.94. The van der Waals surface area contributed by atoms with Crippen molar-refractivity contribution >= 4 is 0 Å². The Hall–Kier alpha value is -1.57. The maximum Gasteiger partial charge on any atom is 0.138 e. The van der Waals surface area contributed by atoms with Gasteiger partial charge in [-0.05, 0) is 24.0 Å². The van der Waals surface area contributed by atoms with E-state index in [1.165, 1.54) is 13.1 Å². The summed E-state index contributed by atoms with van der Waals surface area (Å²) in [4.78, 5) is 6.68. The molecule has 1 aromatic heterocycles. The van der Waals surface area contributed by atoms with Crippen LogP contribution in [-0.4, -0.2) is 48.8 Å². The number of pyridine rings is 1. The Labute approximate surface area is 126 Å². The van der Waals surface area contributed by atoms with Gasteiger partial charge >= 0.3 is 0 Å². The summed E-state index contributed by atoms with van der Waals surface area (Å²) >= 11 is 0. The summed E-state index contributed by atoms with van der Waals surface area (Å²) in [5.41, 5.74) is 0.805. The molecule has 1 aromatic rings. The van der Waals surface area contributed by atoms with Crippen molar-refractivity contribution in [3.63, 3.8) is 0 Å². The summed E-state index contributed by atoms with van der Waals surface area (Å²) in [5, 5.41) is 0. The van der Waals surface area contributed by atoms with Gasteiger partial charge in [0.05, 0.1) is 18.8 Å². The van der Waals surface area contributed by atoms with Crippen LogP contribution in [0.3, 0.4) is 0 Å². The topological polar surface area (TPSA) is 34.6 Å². The summed E-state index contributed by atoms with van der Waals surface area (Å²) in [6.07, 6.45) is 4.31. The number of rotatable bonds is 4. The highest BCUT2D eigenvalue weighted by atomic mass is 16.5. The molecule has 4 nitrogen and oxygen atoms in total. The van der Waals surface area contributed by atoms with E-state index in [9.17, 15) is 0 Å². The quantitative estimate of drug-likeness (QED) is 0.792. The van der Waals surface area contributed by atoms with Crippen molar-refractivity contribution < 1.29 is 9.47 Å². The Morgan fingerprint density at radius 1 is 1.29 bits per heavy atom. The second-order valence-corrected chi connectivity index (χ2v) is 6.05. The molecule has 3 rings (SSSR count). The van der Waals surface area contributed by atoms with Gasteiger partial charge in [0, 0.05) is 33.0 Å². The van der Waals surface area contributed by atoms with Gasteiger partial charge in [-0.3, -0.25) is 4.90 Å². The molecular formula is C17H22N2O2. The molecule has 0 aromatic carbocycles. The molecular weight excluding hydrogens is 264 g/mol. The van der Waals surface area contributed by atoms with Crippen molar-refractivity contribution in [1.29, 1.82) is 0 Å². The highest BCUT2D eigenvalue weighted by Gasteiger charge is 2.30. The molecule has 1 saturated heterocycles. The zero-order valence-electron chi connectivity index (χ0n) is 12.7. The Morgan fingerprint density at radius 2 is 2.10 bits per heavy atom. The van der Waals surface area contributed by atoms with Crippen LogP contribution in [-0.2, 0) is 4.74 Å². The predicted molar refractivity (Wildman–Crippen MR) is 81.2 cm³/mol. The van der Waals surface area contributed by atoms with Crippen LogP contribution < -0.4 is 4.74 Å². The van der Waals surface area contributed by atoms with Crippen molar-refractivity contribution in [2.45, 2.75) is 32.0 Å². The monoisotopic (exact) mass is 286 g/mol. The van der Waals surface area contributed by atoms with Gasteiger partial charge in [-0.15, -0.1) is 0 Å². The molecule has 0 unspecified atom stereocenters. The second-order valence-electron chi connectivity index (χ2n) is 6.05. The summed E-state index contributed by atoms with van der Waals surface area (Å²) in [6.45, 7) is 5.43. The molecule has 0 amide bonds. The lowest BCUT2D eigenvalue weighted by Crippen LogP contribution is -2.44. The molecule has 0 spiro atoms. The maximum absolute atomic E-state index is 5.82. The molecule has 1 aliphatic carbocycles. The summed E-state index contributed by atoms with van der Waals surface area (Å²) in [7, 11) is 1.75. The summed E-state index contributed by atoms with van der Waals surface area (Å²) < 4.78 is 11.1. The number of aromatic nitrogens is 1. The molecule has 1 saturated carbocycles. The number of nitrogens with zero attached hydrogens (tertiary/aromatic N) is 2. The molecule has 21 heavy (non-hydrogen) atoms. The smallest absolute Gasteiger partial charge is 0.138 e. The van der Waals surface area contributed by atoms with Crippen molar-refractivity contribution in [1.82, 2.24) is 9.88 Å². The Bertz CT molecular complexity index is 520. The first-order chi connectivity index (χ1) is 10.2. The molecule has 2 heterocycles. The fraction of sp³-hybridized carbons (Fsp3) is 0.588. The Kier molecular flexibility index (Phi) is 4.42. The van der Waals surface area contributed by atoms with Gasteiger partial charge in [0.15, 0.2) is 0 Å². The number of hydrogen-bond donors (Lipinski definition) is 0. The summed E-state index contributed by atoms with van der Waals surface area (Å²) in [6, 6.07) is 3.87. The van der Waals surface area contributed by atoms with Gasteiger partial charge in [0.2, 0.25) is 0 Å². The third-order valence-corrected chi connectivity index (χ3v) is 4.08. The van der Waals surface area contributed by atoms with E-state index in [2.05, 4.69) is 28.6 Å². The molecule has 0 N–H and O–H groups in total.